The molecular weight excluding hydrogens is 370 g/mol. The molecule has 0 aliphatic carbocycles. The maximum Gasteiger partial charge on any atom is 0.273 e. The van der Waals surface area contributed by atoms with Gasteiger partial charge in [0, 0.05) is 27.0 Å². The smallest absolute Gasteiger partial charge is 0.273 e. The van der Waals surface area contributed by atoms with Crippen LogP contribution >= 0.6 is 11.3 Å². The summed E-state index contributed by atoms with van der Waals surface area (Å²) in [6.45, 7) is 0.287. The average Bonchev–Trinajstić information content (AvgIpc) is 3.25. The Hall–Kier alpha value is -2.85. The van der Waals surface area contributed by atoms with Crippen molar-refractivity contribution in [2.45, 2.75) is 25.1 Å². The molecule has 1 atom stereocenters. The number of amides is 3. The number of para-hydroxylation sites is 1. The molecule has 2 aliphatic heterocycles. The van der Waals surface area contributed by atoms with Crippen molar-refractivity contribution >= 4 is 39.9 Å². The minimum Gasteiger partial charge on any atom is -0.377 e. The van der Waals surface area contributed by atoms with Crippen LogP contribution in [0.4, 0.5) is 10.8 Å². The highest BCUT2D eigenvalue weighted by atomic mass is 32.1. The number of nitrogens with zero attached hydrogens (tertiary/aromatic N) is 4. The summed E-state index contributed by atoms with van der Waals surface area (Å²) in [5.74, 6) is -0.989. The molecule has 3 heterocycles. The molecule has 1 aromatic carbocycles. The van der Waals surface area contributed by atoms with Gasteiger partial charge >= 0.3 is 0 Å². The SMILES string of the molecule is COCc1nnc(NC(=O)C23CCC(=O)N2c2ccccc2C(=O)N3C)s1. The van der Waals surface area contributed by atoms with E-state index in [1.54, 1.807) is 38.4 Å². The van der Waals surface area contributed by atoms with E-state index in [1.807, 2.05) is 0 Å². The van der Waals surface area contributed by atoms with Gasteiger partial charge in [0.15, 0.2) is 0 Å². The van der Waals surface area contributed by atoms with Crippen molar-refractivity contribution in [1.82, 2.24) is 15.1 Å². The van der Waals surface area contributed by atoms with Crippen LogP contribution < -0.4 is 10.2 Å². The molecule has 9 nitrogen and oxygen atoms in total. The highest BCUT2D eigenvalue weighted by molar-refractivity contribution is 7.15. The number of ether oxygens (including phenoxy) is 1. The quantitative estimate of drug-likeness (QED) is 0.846. The average molecular weight is 387 g/mol. The number of aromatic nitrogens is 2. The van der Waals surface area contributed by atoms with Crippen molar-refractivity contribution < 1.29 is 19.1 Å². The molecule has 10 heteroatoms. The molecule has 0 radical (unpaired) electrons. The summed E-state index contributed by atoms with van der Waals surface area (Å²) in [4.78, 5) is 41.5. The summed E-state index contributed by atoms with van der Waals surface area (Å²) < 4.78 is 5.00. The van der Waals surface area contributed by atoms with E-state index in [0.29, 0.717) is 21.4 Å². The predicted molar refractivity (Wildman–Crippen MR) is 97.2 cm³/mol. The summed E-state index contributed by atoms with van der Waals surface area (Å²) >= 11 is 1.18. The molecule has 1 aromatic heterocycles. The molecule has 1 fully saturated rings. The Kier molecular flexibility index (Phi) is 4.16. The van der Waals surface area contributed by atoms with Crippen LogP contribution in [0.1, 0.15) is 28.2 Å². The third kappa shape index (κ3) is 2.52. The number of fused-ring (bicyclic) bond motifs is 3. The molecule has 1 unspecified atom stereocenters. The van der Waals surface area contributed by atoms with E-state index in [1.165, 1.54) is 21.1 Å². The fourth-order valence-corrected chi connectivity index (χ4v) is 4.32. The van der Waals surface area contributed by atoms with Gasteiger partial charge in [-0.25, -0.2) is 0 Å². The zero-order chi connectivity index (χ0) is 19.2. The molecule has 140 valence electrons. The number of nitrogens with one attached hydrogen (secondary N) is 1. The summed E-state index contributed by atoms with van der Waals surface area (Å²) in [7, 11) is 3.08. The number of hydrogen-bond donors (Lipinski definition) is 1. The Balaban J connectivity index is 1.74. The van der Waals surface area contributed by atoms with Crippen LogP contribution in [0.25, 0.3) is 0 Å². The van der Waals surface area contributed by atoms with Crippen molar-refractivity contribution in [3.63, 3.8) is 0 Å². The number of carbonyl (C=O) groups excluding carboxylic acids is 3. The molecule has 1 N–H and O–H groups in total. The normalized spacial score (nSPS) is 21.3. The lowest BCUT2D eigenvalue weighted by atomic mass is 9.96. The van der Waals surface area contributed by atoms with Gasteiger partial charge in [-0.1, -0.05) is 23.5 Å². The Morgan fingerprint density at radius 1 is 1.33 bits per heavy atom. The minimum atomic E-state index is -1.42. The number of anilines is 2. The number of rotatable bonds is 4. The lowest BCUT2D eigenvalue weighted by molar-refractivity contribution is -0.128. The summed E-state index contributed by atoms with van der Waals surface area (Å²) in [6, 6.07) is 6.82. The van der Waals surface area contributed by atoms with Crippen LogP contribution in [0.5, 0.6) is 0 Å². The molecular formula is C17H17N5O4S. The largest absolute Gasteiger partial charge is 0.377 e. The standard InChI is InChI=1S/C17H17N5O4S/c1-21-14(24)10-5-3-4-6-11(10)22-13(23)7-8-17(21,22)15(25)18-16-20-19-12(27-16)9-26-2/h3-6H,7-9H2,1-2H3,(H,18,20,25). The lowest BCUT2D eigenvalue weighted by Gasteiger charge is -2.47. The van der Waals surface area contributed by atoms with Crippen LogP contribution in [0, 0.1) is 0 Å². The van der Waals surface area contributed by atoms with Gasteiger partial charge in [-0.15, -0.1) is 10.2 Å². The van der Waals surface area contributed by atoms with E-state index in [2.05, 4.69) is 15.5 Å². The Bertz CT molecular complexity index is 945. The molecule has 27 heavy (non-hydrogen) atoms. The van der Waals surface area contributed by atoms with Crippen molar-refractivity contribution in [1.29, 1.82) is 0 Å². The van der Waals surface area contributed by atoms with Crippen LogP contribution in [-0.4, -0.2) is 52.6 Å². The van der Waals surface area contributed by atoms with Crippen molar-refractivity contribution in [3.8, 4) is 0 Å². The predicted octanol–water partition coefficient (Wildman–Crippen LogP) is 1.23. The number of likely N-dealkylation sites (N-methyl/N-ethyl adjacent to an activating group) is 1. The Morgan fingerprint density at radius 2 is 2.11 bits per heavy atom. The first-order chi connectivity index (χ1) is 13.0. The molecule has 2 aromatic rings. The summed E-state index contributed by atoms with van der Waals surface area (Å²) in [6.07, 6.45) is 0.377. The Labute approximate surface area is 158 Å². The van der Waals surface area contributed by atoms with Gasteiger partial charge in [-0.2, -0.15) is 0 Å². The van der Waals surface area contributed by atoms with Crippen molar-refractivity contribution in [3.05, 3.63) is 34.8 Å². The van der Waals surface area contributed by atoms with Gasteiger partial charge in [0.05, 0.1) is 11.3 Å². The summed E-state index contributed by atoms with van der Waals surface area (Å²) in [5.41, 5.74) is -0.567. The zero-order valence-corrected chi connectivity index (χ0v) is 15.6. The van der Waals surface area contributed by atoms with E-state index in [0.717, 1.165) is 0 Å². The number of benzene rings is 1. The lowest BCUT2D eigenvalue weighted by Crippen LogP contribution is -2.68. The van der Waals surface area contributed by atoms with E-state index in [-0.39, 0.29) is 31.3 Å². The van der Waals surface area contributed by atoms with E-state index >= 15 is 0 Å². The van der Waals surface area contributed by atoms with Gasteiger partial charge in [0.2, 0.25) is 16.7 Å². The van der Waals surface area contributed by atoms with E-state index in [4.69, 9.17) is 4.74 Å². The van der Waals surface area contributed by atoms with Crippen LogP contribution in [0.2, 0.25) is 0 Å². The fourth-order valence-electron chi connectivity index (χ4n) is 3.61. The second-order valence-electron chi connectivity index (χ2n) is 6.32. The third-order valence-electron chi connectivity index (χ3n) is 4.86. The van der Waals surface area contributed by atoms with Crippen LogP contribution in [-0.2, 0) is 20.9 Å². The maximum absolute atomic E-state index is 13.3. The van der Waals surface area contributed by atoms with Gasteiger partial charge in [-0.05, 0) is 12.1 Å². The monoisotopic (exact) mass is 387 g/mol. The highest BCUT2D eigenvalue weighted by Crippen LogP contribution is 2.44. The Morgan fingerprint density at radius 3 is 2.89 bits per heavy atom. The molecule has 2 aliphatic rings. The zero-order valence-electron chi connectivity index (χ0n) is 14.8. The third-order valence-corrected chi connectivity index (χ3v) is 5.67. The molecule has 0 bridgehead atoms. The first kappa shape index (κ1) is 17.6. The number of methoxy groups -OCH3 is 1. The first-order valence-corrected chi connectivity index (χ1v) is 9.13. The molecule has 0 saturated carbocycles. The minimum absolute atomic E-state index is 0.171. The van der Waals surface area contributed by atoms with Crippen LogP contribution in [0.3, 0.4) is 0 Å². The number of carbonyl (C=O) groups is 3. The van der Waals surface area contributed by atoms with Crippen molar-refractivity contribution in [2.75, 3.05) is 24.4 Å². The molecule has 4 rings (SSSR count). The van der Waals surface area contributed by atoms with Gasteiger partial charge in [0.1, 0.15) is 11.6 Å². The maximum atomic E-state index is 13.3. The van der Waals surface area contributed by atoms with Crippen molar-refractivity contribution in [2.24, 2.45) is 0 Å². The van der Waals surface area contributed by atoms with Gasteiger partial charge in [-0.3, -0.25) is 24.6 Å². The summed E-state index contributed by atoms with van der Waals surface area (Å²) in [5, 5.41) is 11.5. The van der Waals surface area contributed by atoms with E-state index < -0.39 is 11.6 Å². The second-order valence-corrected chi connectivity index (χ2v) is 7.38. The van der Waals surface area contributed by atoms with E-state index in [9.17, 15) is 14.4 Å². The first-order valence-electron chi connectivity index (χ1n) is 8.32. The molecule has 1 saturated heterocycles. The van der Waals surface area contributed by atoms with Gasteiger partial charge in [0.25, 0.3) is 11.8 Å². The topological polar surface area (TPSA) is 105 Å². The fraction of sp³-hybridized carbons (Fsp3) is 0.353. The van der Waals surface area contributed by atoms with Crippen LogP contribution in [0.15, 0.2) is 24.3 Å². The molecule has 3 amide bonds. The molecule has 0 spiro atoms. The second kappa shape index (κ2) is 6.39. The number of hydrogen-bond acceptors (Lipinski definition) is 7. The van der Waals surface area contributed by atoms with Gasteiger partial charge < -0.3 is 9.64 Å². The highest BCUT2D eigenvalue weighted by Gasteiger charge is 2.59.